The van der Waals surface area contributed by atoms with Gasteiger partial charge in [0.2, 0.25) is 0 Å². The number of hydrogen-bond acceptors (Lipinski definition) is 1. The van der Waals surface area contributed by atoms with Gasteiger partial charge in [0, 0.05) is 0 Å². The monoisotopic (exact) mass is 293 g/mol. The predicted octanol–water partition coefficient (Wildman–Crippen LogP) is 7.65. The molecule has 1 nitrogen and oxygen atoms in total. The van der Waals surface area contributed by atoms with Crippen LogP contribution < -0.4 is 0 Å². The molecule has 0 aromatic heterocycles. The summed E-state index contributed by atoms with van der Waals surface area (Å²) in [6, 6.07) is 0. The lowest BCUT2D eigenvalue weighted by atomic mass is 10.3. The number of hydrogen-bond donors (Lipinski definition) is 0. The second-order valence-corrected chi connectivity index (χ2v) is 3.25. The molecule has 132 valence electrons. The number of unbranched alkanes of at least 4 members (excludes halogenated alkanes) is 2. The normalized spacial score (nSPS) is 6.90. The van der Waals surface area contributed by atoms with Crippen LogP contribution in [0.3, 0.4) is 0 Å². The first kappa shape index (κ1) is 36.8. The summed E-state index contributed by atoms with van der Waals surface area (Å²) in [5, 5.41) is 0. The van der Waals surface area contributed by atoms with Crippen LogP contribution in [-0.4, -0.2) is 25.0 Å². The van der Waals surface area contributed by atoms with Crippen molar-refractivity contribution in [2.24, 2.45) is 0 Å². The molecule has 0 heterocycles. The van der Waals surface area contributed by atoms with E-state index in [9.17, 15) is 0 Å². The van der Waals surface area contributed by atoms with Crippen LogP contribution >= 0.6 is 0 Å². The maximum atomic E-state index is 2.34. The Kier molecular flexibility index (Phi) is 140. The standard InChI is InChI=1S/C7H17N.C4H10.4C2H6/c1-4-6-7-8(3)5-2;1-3-4-2;4*1-2/h4-7H2,1-3H3;3-4H2,1-2H3;4*1-2H3. The zero-order chi connectivity index (χ0) is 17.8. The van der Waals surface area contributed by atoms with Crippen molar-refractivity contribution in [3.05, 3.63) is 0 Å². The Morgan fingerprint density at radius 1 is 0.550 bits per heavy atom. The second kappa shape index (κ2) is 76.2. The third-order valence-electron chi connectivity index (χ3n) is 1.93. The van der Waals surface area contributed by atoms with Gasteiger partial charge in [0.15, 0.2) is 0 Å². The van der Waals surface area contributed by atoms with Gasteiger partial charge < -0.3 is 4.90 Å². The fourth-order valence-electron chi connectivity index (χ4n) is 0.586. The van der Waals surface area contributed by atoms with Crippen LogP contribution in [-0.2, 0) is 0 Å². The fraction of sp³-hybridized carbons (Fsp3) is 1.00. The maximum absolute atomic E-state index is 2.34. The van der Waals surface area contributed by atoms with E-state index in [-0.39, 0.29) is 0 Å². The molecule has 0 saturated carbocycles. The SMILES string of the molecule is CC.CC.CC.CC.CCCC.CCCCN(C)CC. The first-order chi connectivity index (χ1) is 9.72. The number of rotatable bonds is 5. The Morgan fingerprint density at radius 2 is 0.850 bits per heavy atom. The van der Waals surface area contributed by atoms with E-state index in [4.69, 9.17) is 0 Å². The predicted molar refractivity (Wildman–Crippen MR) is 104 cm³/mol. The molecule has 0 aliphatic rings. The lowest BCUT2D eigenvalue weighted by molar-refractivity contribution is 0.346. The molecule has 0 amide bonds. The van der Waals surface area contributed by atoms with Crippen LogP contribution in [0.25, 0.3) is 0 Å². The molecule has 0 unspecified atom stereocenters. The lowest BCUT2D eigenvalue weighted by Gasteiger charge is -2.11. The number of nitrogens with zero attached hydrogens (tertiary/aromatic N) is 1. The summed E-state index contributed by atoms with van der Waals surface area (Å²) in [7, 11) is 2.16. The molecule has 1 heteroatoms. The summed E-state index contributed by atoms with van der Waals surface area (Å²) < 4.78 is 0. The highest BCUT2D eigenvalue weighted by Gasteiger charge is 1.89. The van der Waals surface area contributed by atoms with Gasteiger partial charge in [-0.2, -0.15) is 0 Å². The van der Waals surface area contributed by atoms with E-state index < -0.39 is 0 Å². The van der Waals surface area contributed by atoms with E-state index in [0.29, 0.717) is 0 Å². The average molecular weight is 294 g/mol. The van der Waals surface area contributed by atoms with Crippen molar-refractivity contribution in [1.82, 2.24) is 4.90 Å². The van der Waals surface area contributed by atoms with Crippen LogP contribution in [0.5, 0.6) is 0 Å². The zero-order valence-corrected chi connectivity index (χ0v) is 17.7. The van der Waals surface area contributed by atoms with Gasteiger partial charge in [-0.15, -0.1) is 0 Å². The Labute approximate surface area is 134 Å². The molecule has 0 rings (SSSR count). The average Bonchev–Trinajstić information content (AvgIpc) is 2.60. The molecule has 0 spiro atoms. The van der Waals surface area contributed by atoms with E-state index in [2.05, 4.69) is 39.6 Å². The topological polar surface area (TPSA) is 3.24 Å². The quantitative estimate of drug-likeness (QED) is 0.503. The Balaban J connectivity index is -0.0000000348. The summed E-state index contributed by atoms with van der Waals surface area (Å²) in [5.74, 6) is 0. The highest BCUT2D eigenvalue weighted by Crippen LogP contribution is 1.89. The summed E-state index contributed by atoms with van der Waals surface area (Å²) >= 11 is 0. The van der Waals surface area contributed by atoms with E-state index in [1.807, 2.05) is 55.4 Å². The molecule has 0 aliphatic carbocycles. The van der Waals surface area contributed by atoms with Gasteiger partial charge in [-0.05, 0) is 26.6 Å². The minimum atomic E-state index is 1.18. The van der Waals surface area contributed by atoms with Gasteiger partial charge >= 0.3 is 0 Å². The molecule has 0 N–H and O–H groups in total. The van der Waals surface area contributed by atoms with Crippen LogP contribution in [0, 0.1) is 0 Å². The third kappa shape index (κ3) is 107. The van der Waals surface area contributed by atoms with Crippen LogP contribution in [0.1, 0.15) is 109 Å². The molecular formula is C19H51N. The first-order valence-corrected chi connectivity index (χ1v) is 9.41. The molecule has 0 aromatic carbocycles. The lowest BCUT2D eigenvalue weighted by Crippen LogP contribution is -2.18. The summed E-state index contributed by atoms with van der Waals surface area (Å²) in [6.07, 6.45) is 5.29. The van der Waals surface area contributed by atoms with Crippen molar-refractivity contribution < 1.29 is 0 Å². The molecule has 0 aliphatic heterocycles. The van der Waals surface area contributed by atoms with Crippen molar-refractivity contribution in [2.75, 3.05) is 20.1 Å². The Bertz CT molecular complexity index is 60.8. The van der Waals surface area contributed by atoms with E-state index in [1.165, 1.54) is 38.8 Å². The zero-order valence-electron chi connectivity index (χ0n) is 17.7. The van der Waals surface area contributed by atoms with E-state index in [0.717, 1.165) is 0 Å². The molecule has 20 heavy (non-hydrogen) atoms. The van der Waals surface area contributed by atoms with Crippen molar-refractivity contribution in [3.8, 4) is 0 Å². The van der Waals surface area contributed by atoms with Gasteiger partial charge in [-0.1, -0.05) is 102 Å². The molecule has 0 fully saturated rings. The molecular weight excluding hydrogens is 242 g/mol. The van der Waals surface area contributed by atoms with E-state index in [1.54, 1.807) is 0 Å². The smallest absolute Gasteiger partial charge is 0.00220 e. The van der Waals surface area contributed by atoms with Gasteiger partial charge in [0.1, 0.15) is 0 Å². The molecule has 0 radical (unpaired) electrons. The van der Waals surface area contributed by atoms with Gasteiger partial charge in [-0.3, -0.25) is 0 Å². The molecule has 0 bridgehead atoms. The van der Waals surface area contributed by atoms with E-state index >= 15 is 0 Å². The first-order valence-electron chi connectivity index (χ1n) is 9.41. The second-order valence-electron chi connectivity index (χ2n) is 3.25. The maximum Gasteiger partial charge on any atom is -0.00220 e. The summed E-state index contributed by atoms with van der Waals surface area (Å²) in [6.45, 7) is 27.2. The largest absolute Gasteiger partial charge is 0.307 e. The van der Waals surface area contributed by atoms with Crippen LogP contribution in [0.4, 0.5) is 0 Å². The van der Waals surface area contributed by atoms with Crippen molar-refractivity contribution >= 4 is 0 Å². The molecule has 0 aromatic rings. The van der Waals surface area contributed by atoms with Gasteiger partial charge in [0.25, 0.3) is 0 Å². The van der Waals surface area contributed by atoms with Gasteiger partial charge in [0.05, 0.1) is 0 Å². The van der Waals surface area contributed by atoms with Crippen LogP contribution in [0.2, 0.25) is 0 Å². The highest BCUT2D eigenvalue weighted by molar-refractivity contribution is 4.44. The molecule has 0 saturated heterocycles. The summed E-state index contributed by atoms with van der Waals surface area (Å²) in [5.41, 5.74) is 0. The Morgan fingerprint density at radius 3 is 1.00 bits per heavy atom. The minimum Gasteiger partial charge on any atom is -0.307 e. The fourth-order valence-corrected chi connectivity index (χ4v) is 0.586. The Hall–Kier alpha value is -0.0400. The van der Waals surface area contributed by atoms with Crippen molar-refractivity contribution in [3.63, 3.8) is 0 Å². The minimum absolute atomic E-state index is 1.18. The molecule has 0 atom stereocenters. The van der Waals surface area contributed by atoms with Crippen LogP contribution in [0.15, 0.2) is 0 Å². The van der Waals surface area contributed by atoms with Crippen molar-refractivity contribution in [1.29, 1.82) is 0 Å². The van der Waals surface area contributed by atoms with Crippen molar-refractivity contribution in [2.45, 2.75) is 109 Å². The third-order valence-corrected chi connectivity index (χ3v) is 1.93. The highest BCUT2D eigenvalue weighted by atomic mass is 15.1. The van der Waals surface area contributed by atoms with Gasteiger partial charge in [-0.25, -0.2) is 0 Å². The summed E-state index contributed by atoms with van der Waals surface area (Å²) in [4.78, 5) is 2.34.